The highest BCUT2D eigenvalue weighted by atomic mass is 15.0. The molecule has 2 aromatic rings. The van der Waals surface area contributed by atoms with E-state index in [0.29, 0.717) is 0 Å². The van der Waals surface area contributed by atoms with E-state index in [1.54, 1.807) is 0 Å². The van der Waals surface area contributed by atoms with Gasteiger partial charge in [0.05, 0.1) is 18.1 Å². The SMILES string of the molecule is CCCNC(c1ccc(C)c(C)c1)c1cn(C)cn1. The van der Waals surface area contributed by atoms with Crippen molar-refractivity contribution in [3.63, 3.8) is 0 Å². The quantitative estimate of drug-likeness (QED) is 0.892. The second-order valence-electron chi connectivity index (χ2n) is 5.19. The average Bonchev–Trinajstić information content (AvgIpc) is 2.80. The number of rotatable bonds is 5. The smallest absolute Gasteiger partial charge is 0.0947 e. The molecule has 1 atom stereocenters. The van der Waals surface area contributed by atoms with Crippen molar-refractivity contribution in [2.75, 3.05) is 6.54 Å². The summed E-state index contributed by atoms with van der Waals surface area (Å²) in [6, 6.07) is 6.83. The monoisotopic (exact) mass is 257 g/mol. The molecule has 19 heavy (non-hydrogen) atoms. The molecule has 1 heterocycles. The molecule has 0 saturated carbocycles. The lowest BCUT2D eigenvalue weighted by atomic mass is 9.99. The summed E-state index contributed by atoms with van der Waals surface area (Å²) in [6.07, 6.45) is 5.06. The van der Waals surface area contributed by atoms with E-state index in [1.165, 1.54) is 16.7 Å². The van der Waals surface area contributed by atoms with Gasteiger partial charge < -0.3 is 9.88 Å². The lowest BCUT2D eigenvalue weighted by molar-refractivity contribution is 0.587. The summed E-state index contributed by atoms with van der Waals surface area (Å²) in [5.41, 5.74) is 5.03. The molecule has 1 unspecified atom stereocenters. The Morgan fingerprint density at radius 2 is 2.05 bits per heavy atom. The van der Waals surface area contributed by atoms with Gasteiger partial charge in [0.2, 0.25) is 0 Å². The zero-order valence-electron chi connectivity index (χ0n) is 12.3. The highest BCUT2D eigenvalue weighted by Crippen LogP contribution is 2.22. The maximum Gasteiger partial charge on any atom is 0.0947 e. The molecule has 0 bridgehead atoms. The highest BCUT2D eigenvalue weighted by Gasteiger charge is 2.16. The van der Waals surface area contributed by atoms with E-state index in [2.05, 4.69) is 55.5 Å². The lowest BCUT2D eigenvalue weighted by Gasteiger charge is -2.18. The Balaban J connectivity index is 2.33. The van der Waals surface area contributed by atoms with Gasteiger partial charge in [-0.1, -0.05) is 25.1 Å². The van der Waals surface area contributed by atoms with E-state index in [4.69, 9.17) is 0 Å². The largest absolute Gasteiger partial charge is 0.340 e. The molecule has 0 saturated heterocycles. The molecule has 0 aliphatic rings. The van der Waals surface area contributed by atoms with Crippen molar-refractivity contribution in [3.8, 4) is 0 Å². The summed E-state index contributed by atoms with van der Waals surface area (Å²) in [4.78, 5) is 4.50. The van der Waals surface area contributed by atoms with Gasteiger partial charge in [-0.05, 0) is 43.5 Å². The molecular formula is C16H23N3. The second kappa shape index (κ2) is 6.02. The van der Waals surface area contributed by atoms with Gasteiger partial charge in [0, 0.05) is 13.2 Å². The van der Waals surface area contributed by atoms with Gasteiger partial charge in [0.1, 0.15) is 0 Å². The third kappa shape index (κ3) is 3.24. The molecule has 1 N–H and O–H groups in total. The van der Waals surface area contributed by atoms with Crippen molar-refractivity contribution < 1.29 is 0 Å². The Bertz CT molecular complexity index is 543. The standard InChI is InChI=1S/C16H23N3/c1-5-8-17-16(15-10-19(4)11-18-15)14-7-6-12(2)13(3)9-14/h6-7,9-11,16-17H,5,8H2,1-4H3. The molecule has 0 aliphatic heterocycles. The zero-order chi connectivity index (χ0) is 13.8. The third-order valence-electron chi connectivity index (χ3n) is 3.48. The minimum Gasteiger partial charge on any atom is -0.340 e. The predicted molar refractivity (Wildman–Crippen MR) is 79.3 cm³/mol. The Hall–Kier alpha value is -1.61. The van der Waals surface area contributed by atoms with Crippen LogP contribution in [-0.2, 0) is 7.05 Å². The molecule has 0 amide bonds. The van der Waals surface area contributed by atoms with Crippen LogP contribution in [0.4, 0.5) is 0 Å². The number of imidazole rings is 1. The molecule has 1 aromatic carbocycles. The third-order valence-corrected chi connectivity index (χ3v) is 3.48. The van der Waals surface area contributed by atoms with Crippen molar-refractivity contribution in [1.82, 2.24) is 14.9 Å². The van der Waals surface area contributed by atoms with Gasteiger partial charge in [0.25, 0.3) is 0 Å². The number of hydrogen-bond donors (Lipinski definition) is 1. The minimum atomic E-state index is 0.181. The van der Waals surface area contributed by atoms with Crippen LogP contribution in [0, 0.1) is 13.8 Å². The predicted octanol–water partition coefficient (Wildman–Crippen LogP) is 3.13. The first kappa shape index (κ1) is 13.8. The first-order chi connectivity index (χ1) is 9.11. The molecule has 3 heteroatoms. The van der Waals surface area contributed by atoms with E-state index in [1.807, 2.05) is 17.9 Å². The number of hydrogen-bond acceptors (Lipinski definition) is 2. The fraction of sp³-hybridized carbons (Fsp3) is 0.438. The van der Waals surface area contributed by atoms with Gasteiger partial charge in [0.15, 0.2) is 0 Å². The topological polar surface area (TPSA) is 29.9 Å². The van der Waals surface area contributed by atoms with Gasteiger partial charge in [-0.3, -0.25) is 0 Å². The first-order valence-electron chi connectivity index (χ1n) is 6.90. The molecule has 102 valence electrons. The van der Waals surface area contributed by atoms with Gasteiger partial charge in [-0.25, -0.2) is 4.98 Å². The van der Waals surface area contributed by atoms with Crippen LogP contribution in [-0.4, -0.2) is 16.1 Å². The van der Waals surface area contributed by atoms with Crippen molar-refractivity contribution in [2.24, 2.45) is 7.05 Å². The van der Waals surface area contributed by atoms with Crippen LogP contribution in [0.15, 0.2) is 30.7 Å². The Morgan fingerprint density at radius 1 is 1.26 bits per heavy atom. The summed E-state index contributed by atoms with van der Waals surface area (Å²) >= 11 is 0. The molecule has 0 spiro atoms. The number of nitrogens with zero attached hydrogens (tertiary/aromatic N) is 2. The van der Waals surface area contributed by atoms with Gasteiger partial charge in [-0.15, -0.1) is 0 Å². The molecule has 0 aliphatic carbocycles. The molecule has 2 rings (SSSR count). The fourth-order valence-corrected chi connectivity index (χ4v) is 2.21. The van der Waals surface area contributed by atoms with Crippen molar-refractivity contribution in [1.29, 1.82) is 0 Å². The van der Waals surface area contributed by atoms with Gasteiger partial charge in [-0.2, -0.15) is 0 Å². The number of aromatic nitrogens is 2. The number of aryl methyl sites for hydroxylation is 3. The normalized spacial score (nSPS) is 12.6. The van der Waals surface area contributed by atoms with Crippen molar-refractivity contribution in [2.45, 2.75) is 33.2 Å². The van der Waals surface area contributed by atoms with E-state index in [9.17, 15) is 0 Å². The van der Waals surface area contributed by atoms with E-state index >= 15 is 0 Å². The summed E-state index contributed by atoms with van der Waals surface area (Å²) in [7, 11) is 2.01. The maximum atomic E-state index is 4.50. The average molecular weight is 257 g/mol. The van der Waals surface area contributed by atoms with Crippen LogP contribution in [0.3, 0.4) is 0 Å². The summed E-state index contributed by atoms with van der Waals surface area (Å²) in [5.74, 6) is 0. The van der Waals surface area contributed by atoms with Crippen LogP contribution in [0.2, 0.25) is 0 Å². The van der Waals surface area contributed by atoms with Crippen LogP contribution < -0.4 is 5.32 Å². The lowest BCUT2D eigenvalue weighted by Crippen LogP contribution is -2.23. The minimum absolute atomic E-state index is 0.181. The van der Waals surface area contributed by atoms with E-state index < -0.39 is 0 Å². The Morgan fingerprint density at radius 3 is 2.63 bits per heavy atom. The number of benzene rings is 1. The van der Waals surface area contributed by atoms with E-state index in [0.717, 1.165) is 18.7 Å². The molecule has 0 fully saturated rings. The van der Waals surface area contributed by atoms with E-state index in [-0.39, 0.29) is 6.04 Å². The molecule has 1 aromatic heterocycles. The fourth-order valence-electron chi connectivity index (χ4n) is 2.21. The van der Waals surface area contributed by atoms with Crippen molar-refractivity contribution >= 4 is 0 Å². The summed E-state index contributed by atoms with van der Waals surface area (Å²) < 4.78 is 2.00. The Labute approximate surface area is 115 Å². The maximum absolute atomic E-state index is 4.50. The van der Waals surface area contributed by atoms with Crippen molar-refractivity contribution in [3.05, 3.63) is 53.1 Å². The Kier molecular flexibility index (Phi) is 4.38. The van der Waals surface area contributed by atoms with Gasteiger partial charge >= 0.3 is 0 Å². The summed E-state index contributed by atoms with van der Waals surface area (Å²) in [6.45, 7) is 7.49. The van der Waals surface area contributed by atoms with Crippen LogP contribution in [0.5, 0.6) is 0 Å². The first-order valence-corrected chi connectivity index (χ1v) is 6.90. The second-order valence-corrected chi connectivity index (χ2v) is 5.19. The van der Waals surface area contributed by atoms with Crippen LogP contribution >= 0.6 is 0 Å². The van der Waals surface area contributed by atoms with Crippen LogP contribution in [0.25, 0.3) is 0 Å². The van der Waals surface area contributed by atoms with Crippen LogP contribution in [0.1, 0.15) is 41.8 Å². The molecule has 3 nitrogen and oxygen atoms in total. The molecular weight excluding hydrogens is 234 g/mol. The molecule has 0 radical (unpaired) electrons. The highest BCUT2D eigenvalue weighted by molar-refractivity contribution is 5.35. The number of nitrogens with one attached hydrogen (secondary N) is 1. The summed E-state index contributed by atoms with van der Waals surface area (Å²) in [5, 5.41) is 3.59. The zero-order valence-corrected chi connectivity index (χ0v) is 12.3.